The number of nitrogens with zero attached hydrogens (tertiary/aromatic N) is 3. The maximum atomic E-state index is 12.7. The summed E-state index contributed by atoms with van der Waals surface area (Å²) in [6.45, 7) is 2.25. The summed E-state index contributed by atoms with van der Waals surface area (Å²) in [5.74, 6) is -0.101. The molecule has 2 amide bonds. The Morgan fingerprint density at radius 1 is 1.33 bits per heavy atom. The van der Waals surface area contributed by atoms with E-state index >= 15 is 0 Å². The molecule has 2 N–H and O–H groups in total. The van der Waals surface area contributed by atoms with Gasteiger partial charge in [0, 0.05) is 31.8 Å². The molecule has 0 radical (unpaired) electrons. The van der Waals surface area contributed by atoms with E-state index in [9.17, 15) is 14.7 Å². The zero-order valence-corrected chi connectivity index (χ0v) is 17.3. The average Bonchev–Trinajstić information content (AvgIpc) is 3.48. The van der Waals surface area contributed by atoms with Gasteiger partial charge in [0.2, 0.25) is 11.8 Å². The first-order chi connectivity index (χ1) is 14.5. The third kappa shape index (κ3) is 4.58. The molecule has 0 aliphatic carbocycles. The lowest BCUT2D eigenvalue weighted by molar-refractivity contribution is -0.138. The highest BCUT2D eigenvalue weighted by Crippen LogP contribution is 2.23. The predicted octanol–water partition coefficient (Wildman–Crippen LogP) is 1.93. The summed E-state index contributed by atoms with van der Waals surface area (Å²) in [7, 11) is 0. The van der Waals surface area contributed by atoms with Gasteiger partial charge in [0.1, 0.15) is 11.8 Å². The second-order valence-electron chi connectivity index (χ2n) is 7.34. The summed E-state index contributed by atoms with van der Waals surface area (Å²) in [6.07, 6.45) is 1.33. The summed E-state index contributed by atoms with van der Waals surface area (Å²) in [4.78, 5) is 32.0. The van der Waals surface area contributed by atoms with Gasteiger partial charge in [-0.1, -0.05) is 29.4 Å². The van der Waals surface area contributed by atoms with Crippen molar-refractivity contribution in [2.45, 2.75) is 38.5 Å². The molecule has 156 valence electrons. The number of aliphatic hydroxyl groups excluding tert-OH is 1. The Hall–Kier alpha value is -3.04. The number of nitrogens with one attached hydrogen (secondary N) is 1. The van der Waals surface area contributed by atoms with Crippen molar-refractivity contribution in [2.75, 3.05) is 6.54 Å². The quantitative estimate of drug-likeness (QED) is 0.624. The maximum absolute atomic E-state index is 12.7. The fourth-order valence-corrected chi connectivity index (χ4v) is 4.17. The largest absolute Gasteiger partial charge is 0.391 e. The van der Waals surface area contributed by atoms with E-state index in [1.54, 1.807) is 29.8 Å². The van der Waals surface area contributed by atoms with E-state index in [1.807, 2.05) is 30.5 Å². The normalized spacial score (nSPS) is 18.5. The Kier molecular flexibility index (Phi) is 5.91. The van der Waals surface area contributed by atoms with E-state index in [4.69, 9.17) is 4.52 Å². The van der Waals surface area contributed by atoms with Gasteiger partial charge < -0.3 is 19.8 Å². The number of hydrogen-bond donors (Lipinski definition) is 2. The molecular weight excluding hydrogens is 404 g/mol. The van der Waals surface area contributed by atoms with Crippen molar-refractivity contribution in [2.24, 2.45) is 0 Å². The van der Waals surface area contributed by atoms with Gasteiger partial charge in [0.05, 0.1) is 28.6 Å². The molecule has 30 heavy (non-hydrogen) atoms. The molecule has 1 saturated heterocycles. The number of carbonyl (C=O) groups excluding carboxylic acids is 2. The first-order valence-electron chi connectivity index (χ1n) is 9.65. The summed E-state index contributed by atoms with van der Waals surface area (Å²) in [5, 5.41) is 16.7. The van der Waals surface area contributed by atoms with Crippen LogP contribution in [0.2, 0.25) is 0 Å². The van der Waals surface area contributed by atoms with Crippen LogP contribution in [0.15, 0.2) is 46.6 Å². The Balaban J connectivity index is 1.36. The van der Waals surface area contributed by atoms with Crippen molar-refractivity contribution in [3.05, 3.63) is 59.1 Å². The van der Waals surface area contributed by atoms with Gasteiger partial charge in [0.15, 0.2) is 0 Å². The smallest absolute Gasteiger partial charge is 0.243 e. The molecule has 0 saturated carbocycles. The first kappa shape index (κ1) is 20.2. The molecule has 3 heterocycles. The van der Waals surface area contributed by atoms with Gasteiger partial charge in [-0.25, -0.2) is 0 Å². The highest BCUT2D eigenvalue weighted by atomic mass is 32.1. The minimum Gasteiger partial charge on any atom is -0.391 e. The van der Waals surface area contributed by atoms with Gasteiger partial charge in [-0.2, -0.15) is 0 Å². The molecule has 4 rings (SSSR count). The van der Waals surface area contributed by atoms with Crippen molar-refractivity contribution < 1.29 is 19.2 Å². The Bertz CT molecular complexity index is 1020. The van der Waals surface area contributed by atoms with E-state index in [1.165, 1.54) is 4.90 Å². The SMILES string of the molecule is Cc1cc(CC(=O)N2C[C@H](O)C[C@H]2C(=O)NCc2ccc(-c3cncs3)cc2)on1. The number of aromatic nitrogens is 2. The van der Waals surface area contributed by atoms with Crippen molar-refractivity contribution in [1.29, 1.82) is 0 Å². The number of β-amino-alcohol motifs (C(OH)–C–C–N with tert-alkyl or cyclic N) is 1. The topological polar surface area (TPSA) is 109 Å². The second-order valence-corrected chi connectivity index (χ2v) is 8.23. The standard InChI is InChI=1S/C21H22N4O4S/c1-13-6-17(29-24-13)8-20(27)25-11-16(26)7-18(25)21(28)23-9-14-2-4-15(5-3-14)19-10-22-12-30-19/h2-6,10,12,16,18,26H,7-9,11H2,1H3,(H,23,28)/t16-,18+/m1/s1. The van der Waals surface area contributed by atoms with Crippen LogP contribution in [0.5, 0.6) is 0 Å². The minimum atomic E-state index is -0.722. The van der Waals surface area contributed by atoms with Crippen molar-refractivity contribution >= 4 is 23.2 Å². The first-order valence-corrected chi connectivity index (χ1v) is 10.5. The number of amides is 2. The van der Waals surface area contributed by atoms with Crippen LogP contribution in [-0.4, -0.2) is 50.7 Å². The van der Waals surface area contributed by atoms with Crippen molar-refractivity contribution in [1.82, 2.24) is 20.4 Å². The van der Waals surface area contributed by atoms with Crippen LogP contribution in [0.25, 0.3) is 10.4 Å². The minimum absolute atomic E-state index is 0.0103. The van der Waals surface area contributed by atoms with E-state index in [0.29, 0.717) is 18.0 Å². The number of carbonyl (C=O) groups is 2. The molecule has 9 heteroatoms. The number of aryl methyl sites for hydroxylation is 1. The van der Waals surface area contributed by atoms with Crippen LogP contribution in [0.4, 0.5) is 0 Å². The van der Waals surface area contributed by atoms with Crippen LogP contribution < -0.4 is 5.32 Å². The summed E-state index contributed by atoms with van der Waals surface area (Å²) >= 11 is 1.57. The summed E-state index contributed by atoms with van der Waals surface area (Å²) in [5.41, 5.74) is 4.50. The van der Waals surface area contributed by atoms with E-state index in [0.717, 1.165) is 16.0 Å². The van der Waals surface area contributed by atoms with Crippen molar-refractivity contribution in [3.63, 3.8) is 0 Å². The maximum Gasteiger partial charge on any atom is 0.243 e. The van der Waals surface area contributed by atoms with Gasteiger partial charge in [0.25, 0.3) is 0 Å². The fraction of sp³-hybridized carbons (Fsp3) is 0.333. The molecule has 8 nitrogen and oxygen atoms in total. The van der Waals surface area contributed by atoms with Gasteiger partial charge in [-0.05, 0) is 18.1 Å². The van der Waals surface area contributed by atoms with Crippen LogP contribution in [0.1, 0.15) is 23.4 Å². The molecule has 3 aromatic rings. The van der Waals surface area contributed by atoms with Crippen LogP contribution >= 0.6 is 11.3 Å². The fourth-order valence-electron chi connectivity index (χ4n) is 3.54. The molecule has 0 spiro atoms. The number of aliphatic hydroxyl groups is 1. The lowest BCUT2D eigenvalue weighted by Gasteiger charge is -2.23. The Morgan fingerprint density at radius 2 is 2.13 bits per heavy atom. The van der Waals surface area contributed by atoms with Gasteiger partial charge >= 0.3 is 0 Å². The lowest BCUT2D eigenvalue weighted by atomic mass is 10.1. The number of likely N-dealkylation sites (tertiary alicyclic amines) is 1. The molecule has 0 unspecified atom stereocenters. The monoisotopic (exact) mass is 426 g/mol. The molecule has 2 aromatic heterocycles. The summed E-state index contributed by atoms with van der Waals surface area (Å²) in [6, 6.07) is 8.87. The number of rotatable bonds is 6. The molecule has 1 fully saturated rings. The average molecular weight is 426 g/mol. The molecule has 0 bridgehead atoms. The van der Waals surface area contributed by atoms with Crippen LogP contribution in [0, 0.1) is 6.92 Å². The highest BCUT2D eigenvalue weighted by molar-refractivity contribution is 7.13. The molecule has 2 atom stereocenters. The third-order valence-electron chi connectivity index (χ3n) is 5.04. The second kappa shape index (κ2) is 8.76. The summed E-state index contributed by atoms with van der Waals surface area (Å²) < 4.78 is 5.10. The molecular formula is C21H22N4O4S. The Labute approximate surface area is 177 Å². The number of hydrogen-bond acceptors (Lipinski definition) is 7. The van der Waals surface area contributed by atoms with Gasteiger partial charge in [-0.15, -0.1) is 11.3 Å². The Morgan fingerprint density at radius 3 is 2.80 bits per heavy atom. The molecule has 1 aliphatic rings. The number of benzene rings is 1. The number of thiazole rings is 1. The molecule has 1 aliphatic heterocycles. The van der Waals surface area contributed by atoms with E-state index < -0.39 is 12.1 Å². The highest BCUT2D eigenvalue weighted by Gasteiger charge is 2.38. The zero-order chi connectivity index (χ0) is 21.1. The van der Waals surface area contributed by atoms with Crippen LogP contribution in [0.3, 0.4) is 0 Å². The van der Waals surface area contributed by atoms with Crippen molar-refractivity contribution in [3.8, 4) is 10.4 Å². The zero-order valence-electron chi connectivity index (χ0n) is 16.4. The predicted molar refractivity (Wildman–Crippen MR) is 110 cm³/mol. The third-order valence-corrected chi connectivity index (χ3v) is 5.86. The van der Waals surface area contributed by atoms with E-state index in [2.05, 4.69) is 15.5 Å². The van der Waals surface area contributed by atoms with Gasteiger partial charge in [-0.3, -0.25) is 14.6 Å². The van der Waals surface area contributed by atoms with E-state index in [-0.39, 0.29) is 31.2 Å². The molecule has 1 aromatic carbocycles. The van der Waals surface area contributed by atoms with Crippen LogP contribution in [-0.2, 0) is 22.6 Å². The lowest BCUT2D eigenvalue weighted by Crippen LogP contribution is -2.46.